The highest BCUT2D eigenvalue weighted by Crippen LogP contribution is 2.08. The van der Waals surface area contributed by atoms with Crippen LogP contribution in [0.5, 0.6) is 0 Å². The molecule has 0 aromatic rings. The number of allylic oxidation sites excluding steroid dienone is 1. The molecule has 156 valence electrons. The molecule has 0 N–H and O–H groups in total. The molecule has 0 bridgehead atoms. The smallest absolute Gasteiger partial charge is 0.305 e. The van der Waals surface area contributed by atoms with E-state index in [4.69, 9.17) is 23.7 Å². The monoisotopic (exact) mass is 388 g/mol. The largest absolute Gasteiger partial charge is 0.489 e. The van der Waals surface area contributed by atoms with E-state index in [0.717, 1.165) is 0 Å². The molecule has 0 rings (SSSR count). The third-order valence-corrected chi connectivity index (χ3v) is 3.36. The lowest BCUT2D eigenvalue weighted by Gasteiger charge is -2.22. The van der Waals surface area contributed by atoms with Gasteiger partial charge in [0.15, 0.2) is 12.2 Å². The Hall–Kier alpha value is -2.09. The first-order chi connectivity index (χ1) is 12.9. The molecule has 0 saturated carbocycles. The van der Waals surface area contributed by atoms with E-state index >= 15 is 0 Å². The fourth-order valence-corrected chi connectivity index (χ4v) is 1.73. The molecule has 0 aliphatic heterocycles. The fourth-order valence-electron chi connectivity index (χ4n) is 1.73. The first-order valence-corrected chi connectivity index (χ1v) is 9.28. The molecule has 0 aliphatic rings. The van der Waals surface area contributed by atoms with Crippen molar-refractivity contribution in [2.24, 2.45) is 0 Å². The summed E-state index contributed by atoms with van der Waals surface area (Å²) in [7, 11) is 0. The van der Waals surface area contributed by atoms with Crippen molar-refractivity contribution in [3.8, 4) is 0 Å². The van der Waals surface area contributed by atoms with Crippen molar-refractivity contribution in [2.75, 3.05) is 26.4 Å². The number of esters is 3. The molecule has 0 amide bonds. The average molecular weight is 388 g/mol. The second kappa shape index (κ2) is 15.0. The highest BCUT2D eigenvalue weighted by Gasteiger charge is 2.19. The fraction of sp³-hybridized carbons (Fsp3) is 0.737. The molecule has 0 aliphatic carbocycles. The number of hydrogen-bond donors (Lipinski definition) is 0. The van der Waals surface area contributed by atoms with Gasteiger partial charge in [-0.25, -0.2) is 0 Å². The minimum absolute atomic E-state index is 0.0168. The Morgan fingerprint density at radius 1 is 0.667 bits per heavy atom. The van der Waals surface area contributed by atoms with Crippen LogP contribution in [-0.2, 0) is 38.1 Å². The van der Waals surface area contributed by atoms with E-state index in [9.17, 15) is 14.4 Å². The Bertz CT molecular complexity index is 432. The Balaban J connectivity index is 4.60. The summed E-state index contributed by atoms with van der Waals surface area (Å²) in [4.78, 5) is 34.2. The van der Waals surface area contributed by atoms with E-state index in [1.807, 2.05) is 6.92 Å². The van der Waals surface area contributed by atoms with Gasteiger partial charge in [0.05, 0.1) is 19.0 Å². The quantitative estimate of drug-likeness (QED) is 0.240. The second-order valence-electron chi connectivity index (χ2n) is 5.71. The normalized spacial score (nSPS) is 12.6. The van der Waals surface area contributed by atoms with Crippen LogP contribution in [0.15, 0.2) is 12.3 Å². The summed E-state index contributed by atoms with van der Waals surface area (Å²) in [5, 5.41) is 0. The second-order valence-corrected chi connectivity index (χ2v) is 5.71. The van der Waals surface area contributed by atoms with Crippen molar-refractivity contribution in [3.05, 3.63) is 12.3 Å². The molecular weight excluding hydrogens is 356 g/mol. The van der Waals surface area contributed by atoms with Gasteiger partial charge in [0.25, 0.3) is 0 Å². The van der Waals surface area contributed by atoms with Gasteiger partial charge >= 0.3 is 17.9 Å². The predicted molar refractivity (Wildman–Crippen MR) is 97.8 cm³/mol. The summed E-state index contributed by atoms with van der Waals surface area (Å²) in [6.07, 6.45) is 0.0532. The summed E-state index contributed by atoms with van der Waals surface area (Å²) in [5.74, 6) is -0.603. The predicted octanol–water partition coefficient (Wildman–Crippen LogP) is 2.54. The topological polar surface area (TPSA) is 97.4 Å². The van der Waals surface area contributed by atoms with Gasteiger partial charge in [0.2, 0.25) is 0 Å². The van der Waals surface area contributed by atoms with Crippen molar-refractivity contribution in [3.63, 3.8) is 0 Å². The minimum atomic E-state index is -0.721. The average Bonchev–Trinajstić information content (AvgIpc) is 2.68. The van der Waals surface area contributed by atoms with Gasteiger partial charge in [0, 0.05) is 25.7 Å². The van der Waals surface area contributed by atoms with E-state index < -0.39 is 18.2 Å². The maximum Gasteiger partial charge on any atom is 0.305 e. The zero-order valence-electron chi connectivity index (χ0n) is 16.8. The summed E-state index contributed by atoms with van der Waals surface area (Å²) in [5.41, 5.74) is 0. The Morgan fingerprint density at radius 3 is 1.52 bits per heavy atom. The van der Waals surface area contributed by atoms with Gasteiger partial charge < -0.3 is 23.7 Å². The van der Waals surface area contributed by atoms with Gasteiger partial charge in [-0.05, 0) is 0 Å². The zero-order chi connectivity index (χ0) is 20.7. The van der Waals surface area contributed by atoms with Crippen LogP contribution in [0, 0.1) is 0 Å². The summed E-state index contributed by atoms with van der Waals surface area (Å²) in [6, 6.07) is 0. The number of rotatable bonds is 15. The number of hydrogen-bond acceptors (Lipinski definition) is 8. The van der Waals surface area contributed by atoms with Crippen LogP contribution in [0.1, 0.15) is 53.4 Å². The third-order valence-electron chi connectivity index (χ3n) is 3.36. The van der Waals surface area contributed by atoms with E-state index in [-0.39, 0.29) is 57.6 Å². The molecule has 0 saturated heterocycles. The molecule has 0 aromatic heterocycles. The van der Waals surface area contributed by atoms with Gasteiger partial charge in [-0.3, -0.25) is 14.4 Å². The van der Waals surface area contributed by atoms with E-state index in [1.54, 1.807) is 20.8 Å². The van der Waals surface area contributed by atoms with Crippen LogP contribution in [0.25, 0.3) is 0 Å². The van der Waals surface area contributed by atoms with E-state index in [1.165, 1.54) is 0 Å². The molecule has 0 spiro atoms. The Morgan fingerprint density at radius 2 is 1.11 bits per heavy atom. The first-order valence-electron chi connectivity index (χ1n) is 9.28. The SMILES string of the molecule is C=C(CC)OC(COCC(COC(=O)CC)OC(=O)CC)COC(=O)CC. The van der Waals surface area contributed by atoms with Crippen LogP contribution in [0.2, 0.25) is 0 Å². The van der Waals surface area contributed by atoms with E-state index in [0.29, 0.717) is 12.2 Å². The molecule has 8 nitrogen and oxygen atoms in total. The standard InChI is InChI=1S/C19H32O8/c1-6-14(5)26-15(12-24-17(20)7-2)10-23-11-16(27-19(22)9-4)13-25-18(21)8-3/h15-16H,5-13H2,1-4H3. The number of carbonyl (C=O) groups excluding carboxylic acids is 3. The molecule has 2 atom stereocenters. The van der Waals surface area contributed by atoms with Crippen molar-refractivity contribution in [1.29, 1.82) is 0 Å². The van der Waals surface area contributed by atoms with Crippen molar-refractivity contribution in [2.45, 2.75) is 65.6 Å². The van der Waals surface area contributed by atoms with Crippen molar-refractivity contribution < 1.29 is 38.1 Å². The number of carbonyl (C=O) groups is 3. The highest BCUT2D eigenvalue weighted by atomic mass is 16.6. The Kier molecular flexibility index (Phi) is 13.9. The lowest BCUT2D eigenvalue weighted by molar-refractivity contribution is -0.164. The lowest BCUT2D eigenvalue weighted by Crippen LogP contribution is -2.33. The third kappa shape index (κ3) is 12.8. The van der Waals surface area contributed by atoms with Crippen molar-refractivity contribution >= 4 is 17.9 Å². The molecule has 0 fully saturated rings. The minimum Gasteiger partial charge on any atom is -0.489 e. The zero-order valence-corrected chi connectivity index (χ0v) is 16.8. The van der Waals surface area contributed by atoms with Gasteiger partial charge in [-0.2, -0.15) is 0 Å². The molecule has 27 heavy (non-hydrogen) atoms. The van der Waals surface area contributed by atoms with Crippen LogP contribution in [0.4, 0.5) is 0 Å². The van der Waals surface area contributed by atoms with Gasteiger partial charge in [-0.15, -0.1) is 0 Å². The summed E-state index contributed by atoms with van der Waals surface area (Å²) < 4.78 is 26.5. The van der Waals surface area contributed by atoms with Gasteiger partial charge in [0.1, 0.15) is 13.2 Å². The van der Waals surface area contributed by atoms with Crippen LogP contribution in [-0.4, -0.2) is 56.5 Å². The maximum absolute atomic E-state index is 11.5. The van der Waals surface area contributed by atoms with Crippen LogP contribution < -0.4 is 0 Å². The maximum atomic E-state index is 11.5. The van der Waals surface area contributed by atoms with Gasteiger partial charge in [-0.1, -0.05) is 34.3 Å². The molecule has 0 radical (unpaired) electrons. The Labute approximate surface area is 161 Å². The molecule has 0 heterocycles. The highest BCUT2D eigenvalue weighted by molar-refractivity contribution is 5.70. The van der Waals surface area contributed by atoms with Crippen molar-refractivity contribution in [1.82, 2.24) is 0 Å². The summed E-state index contributed by atoms with van der Waals surface area (Å²) >= 11 is 0. The van der Waals surface area contributed by atoms with Crippen LogP contribution >= 0.6 is 0 Å². The van der Waals surface area contributed by atoms with E-state index in [2.05, 4.69) is 6.58 Å². The molecule has 0 aromatic carbocycles. The van der Waals surface area contributed by atoms with Crippen LogP contribution in [0.3, 0.4) is 0 Å². The molecular formula is C19H32O8. The summed E-state index contributed by atoms with van der Waals surface area (Å²) in [6.45, 7) is 10.7. The molecule has 2 unspecified atom stereocenters. The first kappa shape index (κ1) is 24.9. The number of ether oxygens (including phenoxy) is 5. The lowest BCUT2D eigenvalue weighted by atomic mass is 10.3. The molecule has 8 heteroatoms.